The van der Waals surface area contributed by atoms with E-state index in [9.17, 15) is 4.79 Å². The van der Waals surface area contributed by atoms with Crippen LogP contribution in [0.4, 0.5) is 0 Å². The maximum Gasteiger partial charge on any atom is 0.220 e. The Labute approximate surface area is 135 Å². The fourth-order valence-electron chi connectivity index (χ4n) is 3.14. The number of pyridine rings is 1. The molecule has 22 heavy (non-hydrogen) atoms. The van der Waals surface area contributed by atoms with Crippen molar-refractivity contribution in [1.29, 1.82) is 0 Å². The molecule has 1 amide bonds. The Balaban J connectivity index is 1.58. The molecule has 1 fully saturated rings. The summed E-state index contributed by atoms with van der Waals surface area (Å²) in [6.07, 6.45) is 8.79. The Hall–Kier alpha value is -1.68. The van der Waals surface area contributed by atoms with Gasteiger partial charge in [0.25, 0.3) is 0 Å². The Bertz CT molecular complexity index is 603. The van der Waals surface area contributed by atoms with Crippen LogP contribution in [0.3, 0.4) is 0 Å². The molecule has 1 N–H and O–H groups in total. The smallest absolute Gasteiger partial charge is 0.220 e. The maximum absolute atomic E-state index is 12.2. The number of hydrogen-bond acceptors (Lipinski definition) is 3. The molecule has 0 aromatic carbocycles. The number of nitrogens with one attached hydrogen (secondary N) is 1. The predicted molar refractivity (Wildman–Crippen MR) is 90.6 cm³/mol. The van der Waals surface area contributed by atoms with Crippen LogP contribution in [0.5, 0.6) is 0 Å². The third-order valence-corrected chi connectivity index (χ3v) is 5.20. The second-order valence-corrected chi connectivity index (χ2v) is 6.92. The lowest BCUT2D eigenvalue weighted by Gasteiger charge is -2.20. The number of aromatic nitrogens is 1. The van der Waals surface area contributed by atoms with Crippen molar-refractivity contribution in [3.05, 3.63) is 41.4 Å². The Morgan fingerprint density at radius 1 is 1.23 bits per heavy atom. The van der Waals surface area contributed by atoms with E-state index in [0.717, 1.165) is 16.1 Å². The summed E-state index contributed by atoms with van der Waals surface area (Å²) in [6.45, 7) is 0.562. The van der Waals surface area contributed by atoms with Gasteiger partial charge in [-0.3, -0.25) is 9.78 Å². The zero-order valence-corrected chi connectivity index (χ0v) is 13.6. The van der Waals surface area contributed by atoms with Crippen LogP contribution >= 0.6 is 11.3 Å². The Morgan fingerprint density at radius 2 is 2.09 bits per heavy atom. The topological polar surface area (TPSA) is 42.0 Å². The normalized spacial score (nSPS) is 15.6. The van der Waals surface area contributed by atoms with Crippen molar-refractivity contribution in [3.63, 3.8) is 0 Å². The van der Waals surface area contributed by atoms with Gasteiger partial charge in [-0.15, -0.1) is 11.3 Å². The fraction of sp³-hybridized carbons (Fsp3) is 0.444. The van der Waals surface area contributed by atoms with Crippen molar-refractivity contribution in [2.75, 3.05) is 0 Å². The summed E-state index contributed by atoms with van der Waals surface area (Å²) in [4.78, 5) is 17.8. The number of carbonyl (C=O) groups is 1. The van der Waals surface area contributed by atoms with Gasteiger partial charge < -0.3 is 5.32 Å². The summed E-state index contributed by atoms with van der Waals surface area (Å²) in [5.41, 5.74) is 2.07. The molecule has 1 aliphatic carbocycles. The number of nitrogens with zero attached hydrogens (tertiary/aromatic N) is 1. The van der Waals surface area contributed by atoms with Crippen molar-refractivity contribution in [2.24, 2.45) is 5.92 Å². The van der Waals surface area contributed by atoms with Crippen LogP contribution in [0, 0.1) is 5.92 Å². The lowest BCUT2D eigenvalue weighted by molar-refractivity contribution is -0.122. The number of thiophene rings is 1. The van der Waals surface area contributed by atoms with Gasteiger partial charge in [0, 0.05) is 19.2 Å². The van der Waals surface area contributed by atoms with Crippen LogP contribution in [0.25, 0.3) is 10.6 Å². The van der Waals surface area contributed by atoms with Crippen molar-refractivity contribution in [2.45, 2.75) is 45.1 Å². The molecule has 2 aromatic rings. The average molecular weight is 314 g/mol. The highest BCUT2D eigenvalue weighted by atomic mass is 32.1. The van der Waals surface area contributed by atoms with Gasteiger partial charge >= 0.3 is 0 Å². The largest absolute Gasteiger partial charge is 0.352 e. The summed E-state index contributed by atoms with van der Waals surface area (Å²) in [7, 11) is 0. The van der Waals surface area contributed by atoms with Gasteiger partial charge in [0.15, 0.2) is 0 Å². The first-order valence-corrected chi connectivity index (χ1v) is 8.95. The molecule has 0 saturated heterocycles. The maximum atomic E-state index is 12.2. The molecule has 0 radical (unpaired) electrons. The molecular weight excluding hydrogens is 292 g/mol. The molecule has 4 heteroatoms. The molecule has 0 aliphatic heterocycles. The van der Waals surface area contributed by atoms with Crippen molar-refractivity contribution in [1.82, 2.24) is 10.3 Å². The zero-order valence-electron chi connectivity index (χ0n) is 12.8. The van der Waals surface area contributed by atoms with Gasteiger partial charge in [-0.2, -0.15) is 0 Å². The molecule has 116 valence electrons. The summed E-state index contributed by atoms with van der Waals surface area (Å²) >= 11 is 1.68. The van der Waals surface area contributed by atoms with Crippen LogP contribution in [-0.2, 0) is 11.3 Å². The van der Waals surface area contributed by atoms with E-state index >= 15 is 0 Å². The Kier molecular flexibility index (Phi) is 5.22. The highest BCUT2D eigenvalue weighted by Crippen LogP contribution is 2.27. The minimum atomic E-state index is 0.174. The zero-order chi connectivity index (χ0) is 15.2. The lowest BCUT2D eigenvalue weighted by Crippen LogP contribution is -2.26. The second-order valence-electron chi connectivity index (χ2n) is 5.97. The van der Waals surface area contributed by atoms with E-state index in [1.165, 1.54) is 32.1 Å². The van der Waals surface area contributed by atoms with Gasteiger partial charge in [0.2, 0.25) is 5.91 Å². The van der Waals surface area contributed by atoms with Gasteiger partial charge in [0.05, 0.1) is 10.6 Å². The van der Waals surface area contributed by atoms with E-state index < -0.39 is 0 Å². The molecule has 3 nitrogen and oxygen atoms in total. The van der Waals surface area contributed by atoms with Gasteiger partial charge in [-0.1, -0.05) is 31.4 Å². The van der Waals surface area contributed by atoms with Crippen LogP contribution < -0.4 is 5.32 Å². The molecule has 1 saturated carbocycles. The molecule has 1 aliphatic rings. The Morgan fingerprint density at radius 3 is 2.86 bits per heavy atom. The fourth-order valence-corrected chi connectivity index (χ4v) is 3.89. The second kappa shape index (κ2) is 7.54. The van der Waals surface area contributed by atoms with Gasteiger partial charge in [-0.05, 0) is 41.8 Å². The number of carbonyl (C=O) groups excluding carboxylic acids is 1. The minimum absolute atomic E-state index is 0.174. The number of rotatable bonds is 5. The SMILES string of the molecule is O=C(CC1CCCCC1)NCc1cccnc1-c1cccs1. The van der Waals surface area contributed by atoms with E-state index in [1.54, 1.807) is 11.3 Å². The standard InChI is InChI=1S/C18H22N2OS/c21-17(12-14-6-2-1-3-7-14)20-13-15-8-4-10-19-18(15)16-9-5-11-22-16/h4-5,8-11,14H,1-3,6-7,12-13H2,(H,20,21). The predicted octanol–water partition coefficient (Wildman–Crippen LogP) is 4.40. The number of hydrogen-bond donors (Lipinski definition) is 1. The van der Waals surface area contributed by atoms with E-state index in [-0.39, 0.29) is 5.91 Å². The highest BCUT2D eigenvalue weighted by molar-refractivity contribution is 7.13. The minimum Gasteiger partial charge on any atom is -0.352 e. The monoisotopic (exact) mass is 314 g/mol. The van der Waals surface area contributed by atoms with Crippen molar-refractivity contribution in [3.8, 4) is 10.6 Å². The quantitative estimate of drug-likeness (QED) is 0.889. The first-order chi connectivity index (χ1) is 10.8. The molecule has 0 bridgehead atoms. The third kappa shape index (κ3) is 3.95. The average Bonchev–Trinajstić information content (AvgIpc) is 3.08. The third-order valence-electron chi connectivity index (χ3n) is 4.32. The summed E-state index contributed by atoms with van der Waals surface area (Å²) < 4.78 is 0. The molecule has 0 spiro atoms. The molecule has 0 atom stereocenters. The number of amides is 1. The van der Waals surface area contributed by atoms with Crippen LogP contribution in [0.1, 0.15) is 44.1 Å². The van der Waals surface area contributed by atoms with Crippen LogP contribution in [0.2, 0.25) is 0 Å². The highest BCUT2D eigenvalue weighted by Gasteiger charge is 2.17. The summed E-state index contributed by atoms with van der Waals surface area (Å²) in [6, 6.07) is 8.07. The molecule has 2 heterocycles. The first kappa shape index (κ1) is 15.2. The van der Waals surface area contributed by atoms with Crippen LogP contribution in [0.15, 0.2) is 35.8 Å². The summed E-state index contributed by atoms with van der Waals surface area (Å²) in [5.74, 6) is 0.757. The summed E-state index contributed by atoms with van der Waals surface area (Å²) in [5, 5.41) is 5.13. The van der Waals surface area contributed by atoms with Crippen LogP contribution in [-0.4, -0.2) is 10.9 Å². The first-order valence-electron chi connectivity index (χ1n) is 8.07. The molecule has 0 unspecified atom stereocenters. The molecule has 3 rings (SSSR count). The van der Waals surface area contributed by atoms with Crippen molar-refractivity contribution < 1.29 is 4.79 Å². The van der Waals surface area contributed by atoms with E-state index in [4.69, 9.17) is 0 Å². The van der Waals surface area contributed by atoms with Gasteiger partial charge in [0.1, 0.15) is 0 Å². The van der Waals surface area contributed by atoms with E-state index in [1.807, 2.05) is 24.4 Å². The van der Waals surface area contributed by atoms with E-state index in [2.05, 4.69) is 21.7 Å². The molecular formula is C18H22N2OS. The lowest BCUT2D eigenvalue weighted by atomic mass is 9.87. The van der Waals surface area contributed by atoms with E-state index in [0.29, 0.717) is 18.9 Å². The van der Waals surface area contributed by atoms with Gasteiger partial charge in [-0.25, -0.2) is 0 Å². The molecule has 2 aromatic heterocycles. The van der Waals surface area contributed by atoms with Crippen molar-refractivity contribution >= 4 is 17.2 Å².